The van der Waals surface area contributed by atoms with Gasteiger partial charge < -0.3 is 5.32 Å². The molecule has 1 amide bonds. The quantitative estimate of drug-likeness (QED) is 0.860. The van der Waals surface area contributed by atoms with Crippen LogP contribution >= 0.6 is 11.8 Å². The summed E-state index contributed by atoms with van der Waals surface area (Å²) in [5.74, 6) is 0.159. The Morgan fingerprint density at radius 1 is 1.33 bits per heavy atom. The van der Waals surface area contributed by atoms with Crippen molar-refractivity contribution < 1.29 is 4.79 Å². The topological polar surface area (TPSA) is 65.8 Å². The van der Waals surface area contributed by atoms with Gasteiger partial charge in [-0.15, -0.1) is 0 Å². The maximum Gasteiger partial charge on any atom is 0.234 e. The molecule has 0 saturated heterocycles. The van der Waals surface area contributed by atoms with E-state index in [1.165, 1.54) is 17.3 Å². The van der Waals surface area contributed by atoms with Crippen LogP contribution in [0.3, 0.4) is 0 Å². The van der Waals surface area contributed by atoms with Gasteiger partial charge in [-0.25, -0.2) is 4.98 Å². The highest BCUT2D eigenvalue weighted by Gasteiger charge is 2.16. The van der Waals surface area contributed by atoms with Gasteiger partial charge in [0.15, 0.2) is 0 Å². The van der Waals surface area contributed by atoms with Gasteiger partial charge >= 0.3 is 0 Å². The minimum Gasteiger partial charge on any atom is -0.325 e. The van der Waals surface area contributed by atoms with E-state index in [2.05, 4.69) is 16.4 Å². The van der Waals surface area contributed by atoms with Gasteiger partial charge in [0.05, 0.1) is 11.3 Å². The second-order valence-corrected chi connectivity index (χ2v) is 6.88. The fourth-order valence-electron chi connectivity index (χ4n) is 2.84. The van der Waals surface area contributed by atoms with Crippen LogP contribution in [0.4, 0.5) is 5.69 Å². The molecule has 0 bridgehead atoms. The molecule has 0 spiro atoms. The first-order valence-corrected chi connectivity index (χ1v) is 9.07. The summed E-state index contributed by atoms with van der Waals surface area (Å²) >= 11 is 1.33. The highest BCUT2D eigenvalue weighted by atomic mass is 32.2. The number of anilines is 1. The average molecular weight is 337 g/mol. The van der Waals surface area contributed by atoms with Gasteiger partial charge in [-0.05, 0) is 55.9 Å². The van der Waals surface area contributed by atoms with E-state index >= 15 is 0 Å². The normalized spacial score (nSPS) is 13.0. The molecule has 1 aromatic heterocycles. The Balaban J connectivity index is 1.69. The van der Waals surface area contributed by atoms with Crippen LogP contribution in [-0.4, -0.2) is 16.6 Å². The van der Waals surface area contributed by atoms with Crippen molar-refractivity contribution in [3.05, 3.63) is 52.7 Å². The summed E-state index contributed by atoms with van der Waals surface area (Å²) in [6, 6.07) is 11.8. The van der Waals surface area contributed by atoms with Crippen LogP contribution < -0.4 is 5.32 Å². The van der Waals surface area contributed by atoms with Crippen molar-refractivity contribution >= 4 is 23.4 Å². The predicted octanol–water partition coefficient (Wildman–Crippen LogP) is 3.87. The number of hydrogen-bond acceptors (Lipinski definition) is 4. The number of carbonyl (C=O) groups excluding carboxylic acids is 1. The molecule has 0 fully saturated rings. The molecule has 1 aliphatic carbocycles. The van der Waals surface area contributed by atoms with Gasteiger partial charge in [-0.3, -0.25) is 4.79 Å². The van der Waals surface area contributed by atoms with Crippen LogP contribution in [0, 0.1) is 18.3 Å². The van der Waals surface area contributed by atoms with Crippen LogP contribution in [0.15, 0.2) is 35.4 Å². The summed E-state index contributed by atoms with van der Waals surface area (Å²) in [7, 11) is 0. The first-order valence-electron chi connectivity index (χ1n) is 8.08. The minimum atomic E-state index is -0.0855. The Morgan fingerprint density at radius 3 is 2.92 bits per heavy atom. The SMILES string of the molecule is Cc1ccccc1NC(=O)CSc1nc2c(cc1C#N)CCCC2. The lowest BCUT2D eigenvalue weighted by atomic mass is 9.95. The number of thioether (sulfide) groups is 1. The molecule has 122 valence electrons. The predicted molar refractivity (Wildman–Crippen MR) is 96.1 cm³/mol. The second-order valence-electron chi connectivity index (χ2n) is 5.92. The molecule has 1 heterocycles. The van der Waals surface area contributed by atoms with Crippen LogP contribution in [0.2, 0.25) is 0 Å². The molecule has 3 rings (SSSR count). The second kappa shape index (κ2) is 7.50. The smallest absolute Gasteiger partial charge is 0.234 e. The van der Waals surface area contributed by atoms with Crippen LogP contribution in [0.25, 0.3) is 0 Å². The van der Waals surface area contributed by atoms with E-state index < -0.39 is 0 Å². The zero-order chi connectivity index (χ0) is 16.9. The van der Waals surface area contributed by atoms with Crippen LogP contribution in [-0.2, 0) is 17.6 Å². The first-order chi connectivity index (χ1) is 11.7. The maximum absolute atomic E-state index is 12.2. The zero-order valence-corrected chi connectivity index (χ0v) is 14.4. The molecule has 0 saturated carbocycles. The summed E-state index contributed by atoms with van der Waals surface area (Å²) in [5.41, 5.74) is 4.69. The summed E-state index contributed by atoms with van der Waals surface area (Å²) in [6.45, 7) is 1.96. The molecule has 2 aromatic rings. The number of nitrogens with one attached hydrogen (secondary N) is 1. The van der Waals surface area contributed by atoms with Gasteiger partial charge in [0, 0.05) is 11.4 Å². The number of rotatable bonds is 4. The van der Waals surface area contributed by atoms with E-state index in [4.69, 9.17) is 0 Å². The molecule has 0 atom stereocenters. The van der Waals surface area contributed by atoms with E-state index in [1.807, 2.05) is 37.3 Å². The van der Waals surface area contributed by atoms with Gasteiger partial charge in [0.1, 0.15) is 11.1 Å². The zero-order valence-electron chi connectivity index (χ0n) is 13.6. The Hall–Kier alpha value is -2.32. The van der Waals surface area contributed by atoms with Crippen LogP contribution in [0.5, 0.6) is 0 Å². The van der Waals surface area contributed by atoms with Crippen molar-refractivity contribution in [3.63, 3.8) is 0 Å². The number of amides is 1. The Labute approximate surface area is 146 Å². The Kier molecular flexibility index (Phi) is 5.17. The van der Waals surface area contributed by atoms with E-state index in [-0.39, 0.29) is 11.7 Å². The average Bonchev–Trinajstić information content (AvgIpc) is 2.61. The van der Waals surface area contributed by atoms with Crippen molar-refractivity contribution in [1.29, 1.82) is 5.26 Å². The molecule has 0 radical (unpaired) electrons. The fraction of sp³-hybridized carbons (Fsp3) is 0.316. The number of aryl methyl sites for hydroxylation is 3. The largest absolute Gasteiger partial charge is 0.325 e. The molecule has 0 aliphatic heterocycles. The molecule has 1 aromatic carbocycles. The molecule has 5 heteroatoms. The lowest BCUT2D eigenvalue weighted by Crippen LogP contribution is -2.15. The van der Waals surface area contributed by atoms with Crippen molar-refractivity contribution in [2.45, 2.75) is 37.6 Å². The van der Waals surface area contributed by atoms with E-state index in [0.717, 1.165) is 42.6 Å². The molecule has 24 heavy (non-hydrogen) atoms. The molecule has 1 N–H and O–H groups in total. The third-order valence-corrected chi connectivity index (χ3v) is 5.14. The minimum absolute atomic E-state index is 0.0855. The number of carbonyl (C=O) groups is 1. The lowest BCUT2D eigenvalue weighted by Gasteiger charge is -2.16. The van der Waals surface area contributed by atoms with Gasteiger partial charge in [-0.2, -0.15) is 5.26 Å². The Bertz CT molecular complexity index is 811. The van der Waals surface area contributed by atoms with E-state index in [0.29, 0.717) is 10.6 Å². The monoisotopic (exact) mass is 337 g/mol. The molecular formula is C19H19N3OS. The number of para-hydroxylation sites is 1. The standard InChI is InChI=1S/C19H19N3OS/c1-13-6-2-4-8-16(13)21-18(23)12-24-19-15(11-20)10-14-7-3-5-9-17(14)22-19/h2,4,6,8,10H,3,5,7,9,12H2,1H3,(H,21,23). The number of fused-ring (bicyclic) bond motifs is 1. The number of nitrogens with zero attached hydrogens (tertiary/aromatic N) is 2. The van der Waals surface area contributed by atoms with Gasteiger partial charge in [0.2, 0.25) is 5.91 Å². The lowest BCUT2D eigenvalue weighted by molar-refractivity contribution is -0.113. The van der Waals surface area contributed by atoms with Crippen molar-refractivity contribution in [2.75, 3.05) is 11.1 Å². The molecule has 4 nitrogen and oxygen atoms in total. The number of pyridine rings is 1. The van der Waals surface area contributed by atoms with Crippen molar-refractivity contribution in [3.8, 4) is 6.07 Å². The van der Waals surface area contributed by atoms with E-state index in [1.54, 1.807) is 0 Å². The molecule has 0 unspecified atom stereocenters. The van der Waals surface area contributed by atoms with Crippen LogP contribution in [0.1, 0.15) is 35.2 Å². The van der Waals surface area contributed by atoms with Gasteiger partial charge in [0.25, 0.3) is 0 Å². The van der Waals surface area contributed by atoms with Gasteiger partial charge in [-0.1, -0.05) is 30.0 Å². The highest BCUT2D eigenvalue weighted by Crippen LogP contribution is 2.27. The number of benzene rings is 1. The highest BCUT2D eigenvalue weighted by molar-refractivity contribution is 8.00. The number of aromatic nitrogens is 1. The van der Waals surface area contributed by atoms with Crippen molar-refractivity contribution in [2.24, 2.45) is 0 Å². The first kappa shape index (κ1) is 16.5. The Morgan fingerprint density at radius 2 is 2.12 bits per heavy atom. The summed E-state index contributed by atoms with van der Waals surface area (Å²) in [5, 5.41) is 12.9. The molecule has 1 aliphatic rings. The van der Waals surface area contributed by atoms with E-state index in [9.17, 15) is 10.1 Å². The third kappa shape index (κ3) is 3.77. The number of nitriles is 1. The third-order valence-electron chi connectivity index (χ3n) is 4.15. The summed E-state index contributed by atoms with van der Waals surface area (Å²) in [4.78, 5) is 16.8. The maximum atomic E-state index is 12.2. The molecular weight excluding hydrogens is 318 g/mol. The number of hydrogen-bond donors (Lipinski definition) is 1. The van der Waals surface area contributed by atoms with Crippen molar-refractivity contribution in [1.82, 2.24) is 4.98 Å². The summed E-state index contributed by atoms with van der Waals surface area (Å²) in [6.07, 6.45) is 4.26. The fourth-order valence-corrected chi connectivity index (χ4v) is 3.61. The summed E-state index contributed by atoms with van der Waals surface area (Å²) < 4.78 is 0.